The number of carbonyl (C=O) groups is 1. The van der Waals surface area contributed by atoms with Gasteiger partial charge in [0, 0.05) is 25.2 Å². The van der Waals surface area contributed by atoms with Gasteiger partial charge in [0.25, 0.3) is 5.91 Å². The normalized spacial score (nSPS) is 25.8. The van der Waals surface area contributed by atoms with Crippen molar-refractivity contribution in [3.8, 4) is 0 Å². The predicted octanol–water partition coefficient (Wildman–Crippen LogP) is 1.88. The number of amides is 1. The van der Waals surface area contributed by atoms with Gasteiger partial charge in [-0.15, -0.1) is 11.3 Å². The van der Waals surface area contributed by atoms with E-state index in [1.807, 2.05) is 23.3 Å². The summed E-state index contributed by atoms with van der Waals surface area (Å²) in [5.41, 5.74) is 1.09. The summed E-state index contributed by atoms with van der Waals surface area (Å²) in [6.45, 7) is 7.86. The van der Waals surface area contributed by atoms with Crippen LogP contribution in [0.5, 0.6) is 0 Å². The van der Waals surface area contributed by atoms with Crippen molar-refractivity contribution in [3.05, 3.63) is 21.9 Å². The molecule has 3 nitrogen and oxygen atoms in total. The van der Waals surface area contributed by atoms with Crippen molar-refractivity contribution in [2.24, 2.45) is 0 Å². The molecule has 1 aromatic heterocycles. The van der Waals surface area contributed by atoms with Gasteiger partial charge in [-0.3, -0.25) is 4.79 Å². The van der Waals surface area contributed by atoms with Gasteiger partial charge in [-0.1, -0.05) is 0 Å². The highest BCUT2D eigenvalue weighted by Gasteiger charge is 2.26. The summed E-state index contributed by atoms with van der Waals surface area (Å²) in [4.78, 5) is 15.1. The van der Waals surface area contributed by atoms with Gasteiger partial charge in [0.05, 0.1) is 4.88 Å². The molecule has 2 heterocycles. The first-order chi connectivity index (χ1) is 7.58. The molecule has 4 heteroatoms. The highest BCUT2D eigenvalue weighted by Crippen LogP contribution is 2.19. The largest absolute Gasteiger partial charge is 0.335 e. The van der Waals surface area contributed by atoms with Crippen LogP contribution in [-0.4, -0.2) is 36.0 Å². The fourth-order valence-electron chi connectivity index (χ4n) is 2.23. The Morgan fingerprint density at radius 2 is 2.06 bits per heavy atom. The summed E-state index contributed by atoms with van der Waals surface area (Å²) in [6.07, 6.45) is 0. The Morgan fingerprint density at radius 1 is 1.44 bits per heavy atom. The van der Waals surface area contributed by atoms with E-state index in [1.54, 1.807) is 11.3 Å². The van der Waals surface area contributed by atoms with Crippen LogP contribution in [-0.2, 0) is 0 Å². The molecule has 2 unspecified atom stereocenters. The molecule has 0 saturated carbocycles. The Kier molecular flexibility index (Phi) is 3.30. The maximum Gasteiger partial charge on any atom is 0.264 e. The molecular weight excluding hydrogens is 220 g/mol. The van der Waals surface area contributed by atoms with Gasteiger partial charge in [0.15, 0.2) is 0 Å². The summed E-state index contributed by atoms with van der Waals surface area (Å²) in [5.74, 6) is 0.188. The van der Waals surface area contributed by atoms with E-state index in [0.29, 0.717) is 12.1 Å². The zero-order valence-corrected chi connectivity index (χ0v) is 10.8. The van der Waals surface area contributed by atoms with Crippen LogP contribution in [0.15, 0.2) is 11.4 Å². The molecule has 16 heavy (non-hydrogen) atoms. The molecule has 0 radical (unpaired) electrons. The molecule has 1 N–H and O–H groups in total. The molecule has 0 aromatic carbocycles. The molecule has 1 aliphatic heterocycles. The number of hydrogen-bond donors (Lipinski definition) is 1. The molecule has 1 aromatic rings. The maximum absolute atomic E-state index is 12.3. The van der Waals surface area contributed by atoms with Crippen LogP contribution in [0, 0.1) is 6.92 Å². The highest BCUT2D eigenvalue weighted by molar-refractivity contribution is 7.12. The van der Waals surface area contributed by atoms with E-state index in [-0.39, 0.29) is 5.91 Å². The van der Waals surface area contributed by atoms with Crippen molar-refractivity contribution in [3.63, 3.8) is 0 Å². The third-order valence-corrected chi connectivity index (χ3v) is 3.91. The molecule has 0 aliphatic carbocycles. The van der Waals surface area contributed by atoms with Crippen LogP contribution in [0.2, 0.25) is 0 Å². The SMILES string of the molecule is Cc1ccsc1C(=O)N1CC(C)NC(C)C1. The third-order valence-electron chi connectivity index (χ3n) is 2.90. The minimum absolute atomic E-state index is 0.188. The lowest BCUT2D eigenvalue weighted by atomic mass is 10.1. The van der Waals surface area contributed by atoms with E-state index in [0.717, 1.165) is 23.5 Å². The number of carbonyl (C=O) groups excluding carboxylic acids is 1. The van der Waals surface area contributed by atoms with Crippen LogP contribution < -0.4 is 5.32 Å². The Labute approximate surface area is 100 Å². The van der Waals surface area contributed by atoms with Crippen molar-refractivity contribution in [2.45, 2.75) is 32.9 Å². The quantitative estimate of drug-likeness (QED) is 0.810. The molecule has 0 spiro atoms. The van der Waals surface area contributed by atoms with Gasteiger partial charge in [-0.25, -0.2) is 0 Å². The molecule has 1 fully saturated rings. The van der Waals surface area contributed by atoms with E-state index < -0.39 is 0 Å². The highest BCUT2D eigenvalue weighted by atomic mass is 32.1. The molecule has 0 bridgehead atoms. The Hall–Kier alpha value is -0.870. The van der Waals surface area contributed by atoms with Crippen molar-refractivity contribution in [1.29, 1.82) is 0 Å². The van der Waals surface area contributed by atoms with E-state index in [1.165, 1.54) is 0 Å². The topological polar surface area (TPSA) is 32.3 Å². The Bertz CT molecular complexity index is 378. The lowest BCUT2D eigenvalue weighted by Crippen LogP contribution is -2.55. The molecule has 1 aliphatic rings. The van der Waals surface area contributed by atoms with Crippen LogP contribution in [0.1, 0.15) is 29.1 Å². The Balaban J connectivity index is 2.13. The molecule has 2 rings (SSSR count). The molecule has 1 saturated heterocycles. The zero-order valence-electron chi connectivity index (χ0n) is 9.99. The average Bonchev–Trinajstić information content (AvgIpc) is 2.62. The van der Waals surface area contributed by atoms with Gasteiger partial charge in [-0.05, 0) is 37.8 Å². The average molecular weight is 238 g/mol. The molecule has 2 atom stereocenters. The molecule has 88 valence electrons. The van der Waals surface area contributed by atoms with Crippen LogP contribution >= 0.6 is 11.3 Å². The minimum Gasteiger partial charge on any atom is -0.335 e. The van der Waals surface area contributed by atoms with Crippen molar-refractivity contribution < 1.29 is 4.79 Å². The smallest absolute Gasteiger partial charge is 0.264 e. The summed E-state index contributed by atoms with van der Waals surface area (Å²) in [6, 6.07) is 2.77. The second-order valence-corrected chi connectivity index (χ2v) is 5.53. The van der Waals surface area contributed by atoms with Crippen molar-refractivity contribution in [2.75, 3.05) is 13.1 Å². The number of hydrogen-bond acceptors (Lipinski definition) is 3. The monoisotopic (exact) mass is 238 g/mol. The van der Waals surface area contributed by atoms with E-state index >= 15 is 0 Å². The number of piperazine rings is 1. The first-order valence-corrected chi connectivity index (χ1v) is 6.55. The summed E-state index contributed by atoms with van der Waals surface area (Å²) < 4.78 is 0. The molecule has 1 amide bonds. The van der Waals surface area contributed by atoms with Gasteiger partial charge in [0.2, 0.25) is 0 Å². The van der Waals surface area contributed by atoms with Gasteiger partial charge >= 0.3 is 0 Å². The second kappa shape index (κ2) is 4.55. The first kappa shape index (κ1) is 11.6. The van der Waals surface area contributed by atoms with Crippen molar-refractivity contribution >= 4 is 17.2 Å². The van der Waals surface area contributed by atoms with E-state index in [9.17, 15) is 4.79 Å². The lowest BCUT2D eigenvalue weighted by molar-refractivity contribution is 0.0678. The number of nitrogens with zero attached hydrogens (tertiary/aromatic N) is 1. The van der Waals surface area contributed by atoms with Crippen molar-refractivity contribution in [1.82, 2.24) is 10.2 Å². The van der Waals surface area contributed by atoms with Crippen LogP contribution in [0.4, 0.5) is 0 Å². The van der Waals surface area contributed by atoms with E-state index in [2.05, 4.69) is 19.2 Å². The number of aryl methyl sites for hydroxylation is 1. The summed E-state index contributed by atoms with van der Waals surface area (Å²) in [7, 11) is 0. The number of thiophene rings is 1. The van der Waals surface area contributed by atoms with Gasteiger partial charge in [-0.2, -0.15) is 0 Å². The standard InChI is InChI=1S/C12H18N2OS/c1-8-4-5-16-11(8)12(15)14-6-9(2)13-10(3)7-14/h4-5,9-10,13H,6-7H2,1-3H3. The van der Waals surface area contributed by atoms with Crippen LogP contribution in [0.25, 0.3) is 0 Å². The Morgan fingerprint density at radius 3 is 2.56 bits per heavy atom. The minimum atomic E-state index is 0.188. The maximum atomic E-state index is 12.3. The van der Waals surface area contributed by atoms with Gasteiger partial charge < -0.3 is 10.2 Å². The zero-order chi connectivity index (χ0) is 11.7. The van der Waals surface area contributed by atoms with Crippen LogP contribution in [0.3, 0.4) is 0 Å². The predicted molar refractivity (Wildman–Crippen MR) is 67.0 cm³/mol. The second-order valence-electron chi connectivity index (χ2n) is 4.61. The fraction of sp³-hybridized carbons (Fsp3) is 0.583. The molecular formula is C12H18N2OS. The third kappa shape index (κ3) is 2.28. The lowest BCUT2D eigenvalue weighted by Gasteiger charge is -2.36. The van der Waals surface area contributed by atoms with Gasteiger partial charge in [0.1, 0.15) is 0 Å². The summed E-state index contributed by atoms with van der Waals surface area (Å²) in [5, 5.41) is 5.42. The van der Waals surface area contributed by atoms with E-state index in [4.69, 9.17) is 0 Å². The first-order valence-electron chi connectivity index (χ1n) is 5.67. The number of nitrogens with one attached hydrogen (secondary N) is 1. The number of rotatable bonds is 1. The summed E-state index contributed by atoms with van der Waals surface area (Å²) >= 11 is 1.54. The fourth-order valence-corrected chi connectivity index (χ4v) is 3.12.